The second kappa shape index (κ2) is 6.51. The summed E-state index contributed by atoms with van der Waals surface area (Å²) in [4.78, 5) is 8.78. The van der Waals surface area contributed by atoms with Gasteiger partial charge in [-0.25, -0.2) is 13.4 Å². The Morgan fingerprint density at radius 1 is 1.27 bits per heavy atom. The normalized spacial score (nSPS) is 21.3. The van der Waals surface area contributed by atoms with Crippen LogP contribution in [0, 0.1) is 0 Å². The van der Waals surface area contributed by atoms with Crippen molar-refractivity contribution >= 4 is 32.2 Å². The van der Waals surface area contributed by atoms with Gasteiger partial charge < -0.3 is 9.80 Å². The van der Waals surface area contributed by atoms with Crippen molar-refractivity contribution < 1.29 is 13.3 Å². The van der Waals surface area contributed by atoms with E-state index < -0.39 is 10.0 Å². The predicted octanol–water partition coefficient (Wildman–Crippen LogP) is 0.855. The van der Waals surface area contributed by atoms with Crippen LogP contribution in [-0.4, -0.2) is 58.9 Å². The lowest BCUT2D eigenvalue weighted by Gasteiger charge is -2.29. The molecule has 2 aliphatic heterocycles. The first kappa shape index (κ1) is 17.8. The fourth-order valence-electron chi connectivity index (χ4n) is 3.89. The number of hydrogen-bond acceptors (Lipinski definition) is 5. The average molecular weight is 394 g/mol. The number of quaternary nitrogens is 1. The Labute approximate surface area is 159 Å². The molecule has 1 N–H and O–H groups in total. The van der Waals surface area contributed by atoms with Crippen molar-refractivity contribution in [3.63, 3.8) is 0 Å². The summed E-state index contributed by atoms with van der Waals surface area (Å²) in [5.74, 6) is 0. The number of piperazine rings is 1. The third-order valence-corrected chi connectivity index (χ3v) is 7.44. The summed E-state index contributed by atoms with van der Waals surface area (Å²) in [7, 11) is -1.01. The van der Waals surface area contributed by atoms with Crippen molar-refractivity contribution in [2.45, 2.75) is 19.4 Å². The number of benzene rings is 1. The fourth-order valence-corrected chi connectivity index (χ4v) is 6.04. The lowest BCUT2D eigenvalue weighted by molar-refractivity contribution is -0.880. The molecular formula is C18H25N4O2S2+. The van der Waals surface area contributed by atoms with Gasteiger partial charge in [0.1, 0.15) is 0 Å². The number of hydrogen-bond donors (Lipinski definition) is 1. The lowest BCUT2D eigenvalue weighted by atomic mass is 10.1. The standard InChI is InChI=1S/C18H24N4O2S2/c1-13-10-15-11-14(4-5-17(15)22(13)26(3,23)24)16-12-25-18(19-16)21-8-6-20(2)7-9-21/h4-5,11-13H,6-10H2,1-3H3/p+1/t13-/m1/s1. The molecule has 8 heteroatoms. The topological polar surface area (TPSA) is 58.0 Å². The van der Waals surface area contributed by atoms with Gasteiger partial charge in [-0.2, -0.15) is 0 Å². The highest BCUT2D eigenvalue weighted by Crippen LogP contribution is 2.37. The molecule has 2 aliphatic rings. The third kappa shape index (κ3) is 3.21. The van der Waals surface area contributed by atoms with Crippen molar-refractivity contribution in [2.24, 2.45) is 0 Å². The van der Waals surface area contributed by atoms with E-state index in [1.165, 1.54) is 10.6 Å². The number of thiazole rings is 1. The summed E-state index contributed by atoms with van der Waals surface area (Å²) in [5, 5.41) is 3.19. The monoisotopic (exact) mass is 393 g/mol. The van der Waals surface area contributed by atoms with Gasteiger partial charge in [0.15, 0.2) is 5.13 Å². The maximum Gasteiger partial charge on any atom is 0.232 e. The van der Waals surface area contributed by atoms with E-state index in [0.29, 0.717) is 0 Å². The van der Waals surface area contributed by atoms with Crippen molar-refractivity contribution in [1.29, 1.82) is 0 Å². The second-order valence-corrected chi connectivity index (χ2v) is 10.1. The first-order valence-corrected chi connectivity index (χ1v) is 11.7. The second-order valence-electron chi connectivity index (χ2n) is 7.41. The van der Waals surface area contributed by atoms with Crippen LogP contribution in [0.1, 0.15) is 12.5 Å². The van der Waals surface area contributed by atoms with E-state index in [0.717, 1.165) is 60.2 Å². The summed E-state index contributed by atoms with van der Waals surface area (Å²) < 4.78 is 25.7. The van der Waals surface area contributed by atoms with E-state index in [1.807, 2.05) is 19.1 Å². The first-order valence-electron chi connectivity index (χ1n) is 8.97. The molecule has 140 valence electrons. The molecule has 0 spiro atoms. The van der Waals surface area contributed by atoms with Gasteiger partial charge in [0.25, 0.3) is 0 Å². The molecule has 3 heterocycles. The Balaban J connectivity index is 1.60. The van der Waals surface area contributed by atoms with Gasteiger partial charge >= 0.3 is 0 Å². The van der Waals surface area contributed by atoms with Crippen LogP contribution in [0.5, 0.6) is 0 Å². The van der Waals surface area contributed by atoms with Crippen LogP contribution in [0.15, 0.2) is 23.6 Å². The SMILES string of the molecule is C[C@@H]1Cc2cc(-c3csc(N4CC[NH+](C)CC4)n3)ccc2N1S(C)(=O)=O. The highest BCUT2D eigenvalue weighted by molar-refractivity contribution is 7.92. The van der Waals surface area contributed by atoms with E-state index in [-0.39, 0.29) is 6.04 Å². The molecule has 2 aromatic rings. The average Bonchev–Trinajstić information content (AvgIpc) is 3.17. The van der Waals surface area contributed by atoms with E-state index in [9.17, 15) is 8.42 Å². The van der Waals surface area contributed by atoms with Gasteiger partial charge in [-0.05, 0) is 31.0 Å². The van der Waals surface area contributed by atoms with E-state index >= 15 is 0 Å². The van der Waals surface area contributed by atoms with Crippen LogP contribution in [0.2, 0.25) is 0 Å². The Bertz CT molecular complexity index is 917. The molecule has 1 fully saturated rings. The minimum absolute atomic E-state index is 0.0333. The quantitative estimate of drug-likeness (QED) is 0.840. The van der Waals surface area contributed by atoms with Crippen LogP contribution >= 0.6 is 11.3 Å². The van der Waals surface area contributed by atoms with Crippen molar-refractivity contribution in [1.82, 2.24) is 4.98 Å². The van der Waals surface area contributed by atoms with Gasteiger partial charge in [-0.1, -0.05) is 6.07 Å². The number of aromatic nitrogens is 1. The zero-order chi connectivity index (χ0) is 18.5. The molecule has 0 saturated carbocycles. The molecule has 1 aromatic heterocycles. The van der Waals surface area contributed by atoms with Crippen molar-refractivity contribution in [3.8, 4) is 11.3 Å². The molecule has 0 bridgehead atoms. The Kier molecular flexibility index (Phi) is 4.45. The van der Waals surface area contributed by atoms with Gasteiger partial charge in [0, 0.05) is 17.0 Å². The number of anilines is 2. The Morgan fingerprint density at radius 3 is 2.69 bits per heavy atom. The molecule has 6 nitrogen and oxygen atoms in total. The third-order valence-electron chi connectivity index (χ3n) is 5.27. The van der Waals surface area contributed by atoms with E-state index in [1.54, 1.807) is 16.2 Å². The fraction of sp³-hybridized carbons (Fsp3) is 0.500. The molecule has 1 aromatic carbocycles. The first-order chi connectivity index (χ1) is 12.3. The number of sulfonamides is 1. The van der Waals surface area contributed by atoms with Crippen LogP contribution < -0.4 is 14.1 Å². The van der Waals surface area contributed by atoms with E-state index in [2.05, 4.69) is 23.4 Å². The number of rotatable bonds is 3. The molecule has 26 heavy (non-hydrogen) atoms. The summed E-state index contributed by atoms with van der Waals surface area (Å²) >= 11 is 1.69. The van der Waals surface area contributed by atoms with Crippen LogP contribution in [0.25, 0.3) is 11.3 Å². The predicted molar refractivity (Wildman–Crippen MR) is 107 cm³/mol. The summed E-state index contributed by atoms with van der Waals surface area (Å²) in [6, 6.07) is 5.98. The maximum atomic E-state index is 12.1. The summed E-state index contributed by atoms with van der Waals surface area (Å²) in [6.45, 7) is 6.34. The Hall–Kier alpha value is -1.64. The molecule has 0 aliphatic carbocycles. The van der Waals surface area contributed by atoms with Gasteiger partial charge in [-0.3, -0.25) is 4.31 Å². The molecule has 0 unspecified atom stereocenters. The highest BCUT2D eigenvalue weighted by Gasteiger charge is 2.32. The number of fused-ring (bicyclic) bond motifs is 1. The number of nitrogens with one attached hydrogen (secondary N) is 1. The van der Waals surface area contributed by atoms with Gasteiger partial charge in [-0.15, -0.1) is 11.3 Å². The van der Waals surface area contributed by atoms with Crippen LogP contribution in [0.4, 0.5) is 10.8 Å². The highest BCUT2D eigenvalue weighted by atomic mass is 32.2. The van der Waals surface area contributed by atoms with E-state index in [4.69, 9.17) is 4.98 Å². The molecule has 4 rings (SSSR count). The van der Waals surface area contributed by atoms with Gasteiger partial charge in [0.05, 0.1) is 50.9 Å². The van der Waals surface area contributed by atoms with Gasteiger partial charge in [0.2, 0.25) is 10.0 Å². The zero-order valence-electron chi connectivity index (χ0n) is 15.4. The minimum atomic E-state index is -3.25. The molecule has 1 atom stereocenters. The molecule has 0 radical (unpaired) electrons. The Morgan fingerprint density at radius 2 is 2.00 bits per heavy atom. The lowest BCUT2D eigenvalue weighted by Crippen LogP contribution is -3.12. The van der Waals surface area contributed by atoms with Crippen LogP contribution in [0.3, 0.4) is 0 Å². The summed E-state index contributed by atoms with van der Waals surface area (Å²) in [6.07, 6.45) is 2.02. The summed E-state index contributed by atoms with van der Waals surface area (Å²) in [5.41, 5.74) is 3.93. The number of likely N-dealkylation sites (N-methyl/N-ethyl adjacent to an activating group) is 1. The maximum absolute atomic E-state index is 12.1. The van der Waals surface area contributed by atoms with Crippen molar-refractivity contribution in [2.75, 3.05) is 48.7 Å². The van der Waals surface area contributed by atoms with Crippen molar-refractivity contribution in [3.05, 3.63) is 29.1 Å². The smallest absolute Gasteiger partial charge is 0.232 e. The zero-order valence-corrected chi connectivity index (χ0v) is 17.0. The number of nitrogens with zero attached hydrogens (tertiary/aromatic N) is 3. The molecular weight excluding hydrogens is 368 g/mol. The largest absolute Gasteiger partial charge is 0.337 e. The molecule has 0 amide bonds. The molecule has 1 saturated heterocycles. The van der Waals surface area contributed by atoms with Crippen LogP contribution in [-0.2, 0) is 16.4 Å². The minimum Gasteiger partial charge on any atom is -0.337 e.